The van der Waals surface area contributed by atoms with Crippen LogP contribution in [0.3, 0.4) is 0 Å². The molecule has 4 aromatic rings. The number of hydrogen-bond acceptors (Lipinski definition) is 6. The molecule has 1 N–H and O–H groups in total. The zero-order valence-electron chi connectivity index (χ0n) is 19.5. The molecule has 36 heavy (non-hydrogen) atoms. The molecule has 182 valence electrons. The van der Waals surface area contributed by atoms with Crippen LogP contribution in [0.4, 0.5) is 4.79 Å². The van der Waals surface area contributed by atoms with Crippen molar-refractivity contribution in [1.82, 2.24) is 14.8 Å². The number of carbonyl (C=O) groups excluding carboxylic acids is 3. The van der Waals surface area contributed by atoms with E-state index in [9.17, 15) is 14.4 Å². The third-order valence-electron chi connectivity index (χ3n) is 5.86. The number of ether oxygens (including phenoxy) is 2. The Hall–Kier alpha value is -4.79. The normalized spacial score (nSPS) is 15.0. The summed E-state index contributed by atoms with van der Waals surface area (Å²) in [7, 11) is 1.59. The van der Waals surface area contributed by atoms with Crippen molar-refractivity contribution >= 4 is 34.8 Å². The van der Waals surface area contributed by atoms with Gasteiger partial charge in [0, 0.05) is 22.7 Å². The van der Waals surface area contributed by atoms with Crippen LogP contribution in [-0.4, -0.2) is 41.0 Å². The van der Waals surface area contributed by atoms with Gasteiger partial charge in [-0.2, -0.15) is 0 Å². The molecule has 1 aliphatic rings. The number of fused-ring (bicyclic) bond motifs is 1. The number of nitrogens with zero attached hydrogens (tertiary/aromatic N) is 2. The Morgan fingerprint density at radius 3 is 2.53 bits per heavy atom. The number of barbiturate groups is 1. The van der Waals surface area contributed by atoms with Gasteiger partial charge in [-0.25, -0.2) is 4.79 Å². The maximum atomic E-state index is 13.1. The maximum absolute atomic E-state index is 13.1. The Balaban J connectivity index is 1.41. The molecule has 0 aliphatic carbocycles. The third kappa shape index (κ3) is 4.46. The molecule has 9 nitrogen and oxygen atoms in total. The molecule has 9 heteroatoms. The zero-order valence-corrected chi connectivity index (χ0v) is 19.5. The standard InChI is InChI=1S/C27H23N3O6/c1-34-23-10-4-5-11-24(23)36-14-12-29-16-18(20-8-2-3-9-22(20)29)15-21-25(31)28-27(33)30(26(21)32)17-19-7-6-13-35-19/h2-11,13,15-16H,12,14,17H2,1H3,(H,28,31,33)/b21-15+. The SMILES string of the molecule is COc1ccccc1OCCn1cc(/C=C2\C(=O)NC(=O)N(Cc3ccco3)C2=O)c2ccccc21. The van der Waals surface area contributed by atoms with Gasteiger partial charge in [0.15, 0.2) is 11.5 Å². The number of methoxy groups -OCH3 is 1. The van der Waals surface area contributed by atoms with Crippen LogP contribution in [0.2, 0.25) is 0 Å². The molecule has 1 aliphatic heterocycles. The van der Waals surface area contributed by atoms with Gasteiger partial charge in [0.05, 0.1) is 26.5 Å². The highest BCUT2D eigenvalue weighted by Crippen LogP contribution is 2.27. The predicted molar refractivity (Wildman–Crippen MR) is 131 cm³/mol. The fourth-order valence-electron chi connectivity index (χ4n) is 4.12. The summed E-state index contributed by atoms with van der Waals surface area (Å²) in [6, 6.07) is 17.6. The Morgan fingerprint density at radius 1 is 0.972 bits per heavy atom. The molecule has 0 unspecified atom stereocenters. The lowest BCUT2D eigenvalue weighted by Gasteiger charge is -2.25. The van der Waals surface area contributed by atoms with Gasteiger partial charge in [-0.3, -0.25) is 19.8 Å². The van der Waals surface area contributed by atoms with Crippen molar-refractivity contribution in [3.05, 3.63) is 90.0 Å². The molecule has 0 bridgehead atoms. The Morgan fingerprint density at radius 2 is 1.75 bits per heavy atom. The van der Waals surface area contributed by atoms with Crippen LogP contribution in [0.15, 0.2) is 83.1 Å². The van der Waals surface area contributed by atoms with Crippen LogP contribution in [0.1, 0.15) is 11.3 Å². The van der Waals surface area contributed by atoms with E-state index >= 15 is 0 Å². The number of nitrogens with one attached hydrogen (secondary N) is 1. The molecule has 1 saturated heterocycles. The molecule has 4 amide bonds. The van der Waals surface area contributed by atoms with Gasteiger partial charge >= 0.3 is 6.03 Å². The second-order valence-corrected chi connectivity index (χ2v) is 8.08. The van der Waals surface area contributed by atoms with Gasteiger partial charge in [0.1, 0.15) is 17.9 Å². The number of rotatable bonds is 8. The van der Waals surface area contributed by atoms with Crippen molar-refractivity contribution in [3.63, 3.8) is 0 Å². The number of carbonyl (C=O) groups is 3. The topological polar surface area (TPSA) is 103 Å². The van der Waals surface area contributed by atoms with E-state index in [-0.39, 0.29) is 12.1 Å². The van der Waals surface area contributed by atoms with Gasteiger partial charge in [0.2, 0.25) is 0 Å². The number of hydrogen-bond donors (Lipinski definition) is 1. The fourth-order valence-corrected chi connectivity index (χ4v) is 4.12. The second kappa shape index (κ2) is 9.83. The summed E-state index contributed by atoms with van der Waals surface area (Å²) in [5.41, 5.74) is 1.46. The summed E-state index contributed by atoms with van der Waals surface area (Å²) in [5, 5.41) is 3.10. The summed E-state index contributed by atoms with van der Waals surface area (Å²) in [4.78, 5) is 39.0. The molecule has 0 atom stereocenters. The van der Waals surface area contributed by atoms with Gasteiger partial charge in [0.25, 0.3) is 11.8 Å². The average molecular weight is 485 g/mol. The minimum atomic E-state index is -0.783. The van der Waals surface area contributed by atoms with E-state index in [4.69, 9.17) is 13.9 Å². The zero-order chi connectivity index (χ0) is 25.1. The first-order valence-corrected chi connectivity index (χ1v) is 11.3. The number of imide groups is 2. The molecule has 0 saturated carbocycles. The van der Waals surface area contributed by atoms with Crippen LogP contribution < -0.4 is 14.8 Å². The summed E-state index contributed by atoms with van der Waals surface area (Å²) in [5.74, 6) is 0.299. The molecular formula is C27H23N3O6. The molecule has 5 rings (SSSR count). The van der Waals surface area contributed by atoms with Gasteiger partial charge < -0.3 is 18.5 Å². The highest BCUT2D eigenvalue weighted by Gasteiger charge is 2.36. The molecule has 3 heterocycles. The van der Waals surface area contributed by atoms with Crippen LogP contribution in [-0.2, 0) is 22.7 Å². The summed E-state index contributed by atoms with van der Waals surface area (Å²) >= 11 is 0. The second-order valence-electron chi connectivity index (χ2n) is 8.08. The first-order chi connectivity index (χ1) is 17.5. The number of aromatic nitrogens is 1. The quantitative estimate of drug-likeness (QED) is 0.299. The van der Waals surface area contributed by atoms with E-state index < -0.39 is 17.8 Å². The largest absolute Gasteiger partial charge is 0.493 e. The molecule has 1 fully saturated rings. The van der Waals surface area contributed by atoms with Crippen LogP contribution >= 0.6 is 0 Å². The van der Waals surface area contributed by atoms with E-state index in [1.807, 2.05) is 59.3 Å². The third-order valence-corrected chi connectivity index (χ3v) is 5.86. The lowest BCUT2D eigenvalue weighted by Crippen LogP contribution is -2.53. The Labute approximate surface area is 206 Å². The maximum Gasteiger partial charge on any atom is 0.331 e. The number of amides is 4. The minimum absolute atomic E-state index is 0.0790. The number of urea groups is 1. The van der Waals surface area contributed by atoms with Gasteiger partial charge in [-0.05, 0) is 36.4 Å². The lowest BCUT2D eigenvalue weighted by atomic mass is 10.1. The van der Waals surface area contributed by atoms with Crippen molar-refractivity contribution in [2.45, 2.75) is 13.1 Å². The number of para-hydroxylation sites is 3. The van der Waals surface area contributed by atoms with Crippen LogP contribution in [0.25, 0.3) is 17.0 Å². The van der Waals surface area contributed by atoms with Gasteiger partial charge in [-0.1, -0.05) is 30.3 Å². The fraction of sp³-hybridized carbons (Fsp3) is 0.148. The van der Waals surface area contributed by atoms with Crippen LogP contribution in [0, 0.1) is 0 Å². The molecule has 0 spiro atoms. The summed E-state index contributed by atoms with van der Waals surface area (Å²) in [6.45, 7) is 0.815. The van der Waals surface area contributed by atoms with E-state index in [0.717, 1.165) is 15.8 Å². The molecular weight excluding hydrogens is 462 g/mol. The van der Waals surface area contributed by atoms with Crippen molar-refractivity contribution in [3.8, 4) is 11.5 Å². The van der Waals surface area contributed by atoms with Crippen molar-refractivity contribution in [2.24, 2.45) is 0 Å². The molecule has 0 radical (unpaired) electrons. The van der Waals surface area contributed by atoms with E-state index in [1.165, 1.54) is 12.3 Å². The Kier molecular flexibility index (Phi) is 6.27. The van der Waals surface area contributed by atoms with E-state index in [2.05, 4.69) is 5.32 Å². The smallest absolute Gasteiger partial charge is 0.331 e. The number of furan rings is 1. The van der Waals surface area contributed by atoms with E-state index in [0.29, 0.717) is 36.0 Å². The number of benzene rings is 2. The van der Waals surface area contributed by atoms with E-state index in [1.54, 1.807) is 19.2 Å². The summed E-state index contributed by atoms with van der Waals surface area (Å²) in [6.07, 6.45) is 4.83. The highest BCUT2D eigenvalue weighted by molar-refractivity contribution is 6.31. The minimum Gasteiger partial charge on any atom is -0.493 e. The van der Waals surface area contributed by atoms with Crippen LogP contribution in [0.5, 0.6) is 11.5 Å². The van der Waals surface area contributed by atoms with Crippen molar-refractivity contribution in [1.29, 1.82) is 0 Å². The summed E-state index contributed by atoms with van der Waals surface area (Å²) < 4.78 is 18.5. The molecule has 2 aromatic heterocycles. The van der Waals surface area contributed by atoms with Crippen molar-refractivity contribution in [2.75, 3.05) is 13.7 Å². The predicted octanol–water partition coefficient (Wildman–Crippen LogP) is 3.98. The molecule has 2 aromatic carbocycles. The average Bonchev–Trinajstić information content (AvgIpc) is 3.53. The first kappa shape index (κ1) is 23.0. The first-order valence-electron chi connectivity index (χ1n) is 11.3. The lowest BCUT2D eigenvalue weighted by molar-refractivity contribution is -0.130. The Bertz CT molecular complexity index is 1470. The monoisotopic (exact) mass is 485 g/mol. The van der Waals surface area contributed by atoms with Crippen molar-refractivity contribution < 1.29 is 28.3 Å². The highest BCUT2D eigenvalue weighted by atomic mass is 16.5. The van der Waals surface area contributed by atoms with Gasteiger partial charge in [-0.15, -0.1) is 0 Å².